The van der Waals surface area contributed by atoms with Gasteiger partial charge in [-0.15, -0.1) is 0 Å². The highest BCUT2D eigenvalue weighted by molar-refractivity contribution is 9.10. The molecule has 120 valence electrons. The first-order valence-electron chi connectivity index (χ1n) is 6.58. The Balaban J connectivity index is 2.03. The van der Waals surface area contributed by atoms with Gasteiger partial charge >= 0.3 is 0 Å². The van der Waals surface area contributed by atoms with E-state index in [0.717, 1.165) is 4.47 Å². The van der Waals surface area contributed by atoms with E-state index in [2.05, 4.69) is 36.5 Å². The minimum atomic E-state index is -0.633. The number of thioether (sulfide) groups is 1. The first kappa shape index (κ1) is 15.9. The number of carbonyl (C=O) groups is 1. The van der Waals surface area contributed by atoms with E-state index in [9.17, 15) is 9.90 Å². The van der Waals surface area contributed by atoms with Crippen LogP contribution >= 0.6 is 27.7 Å². The van der Waals surface area contributed by atoms with Crippen molar-refractivity contribution >= 4 is 39.4 Å². The van der Waals surface area contributed by atoms with Crippen molar-refractivity contribution in [3.05, 3.63) is 33.9 Å². The average molecular weight is 397 g/mol. The molecule has 0 bridgehead atoms. The monoisotopic (exact) mass is 396 g/mol. The first-order chi connectivity index (χ1) is 11.0. The maximum absolute atomic E-state index is 12.3. The van der Waals surface area contributed by atoms with Crippen molar-refractivity contribution in [1.29, 1.82) is 0 Å². The number of aromatic hydroxyl groups is 1. The van der Waals surface area contributed by atoms with E-state index >= 15 is 0 Å². The molecule has 3 N–H and O–H groups in total. The zero-order chi connectivity index (χ0) is 16.6. The molecular formula is C14H13BrN4O3S. The number of ether oxygens (including phenoxy) is 1. The Labute approximate surface area is 145 Å². The molecular weight excluding hydrogens is 384 g/mol. The Kier molecular flexibility index (Phi) is 4.31. The fraction of sp³-hybridized carbons (Fsp3) is 0.214. The Hall–Kier alpha value is -2.00. The summed E-state index contributed by atoms with van der Waals surface area (Å²) in [6.45, 7) is 0. The zero-order valence-electron chi connectivity index (χ0n) is 12.3. The number of fused-ring (bicyclic) bond motifs is 1. The van der Waals surface area contributed by atoms with Crippen LogP contribution in [0.1, 0.15) is 22.1 Å². The van der Waals surface area contributed by atoms with E-state index in [1.807, 2.05) is 6.26 Å². The Bertz CT molecular complexity index is 787. The van der Waals surface area contributed by atoms with Crippen molar-refractivity contribution in [1.82, 2.24) is 15.3 Å². The molecule has 1 aliphatic heterocycles. The Morgan fingerprint density at radius 2 is 2.17 bits per heavy atom. The lowest BCUT2D eigenvalue weighted by molar-refractivity contribution is 0.0934. The maximum Gasteiger partial charge on any atom is 0.258 e. The van der Waals surface area contributed by atoms with Crippen molar-refractivity contribution in [3.8, 4) is 11.5 Å². The van der Waals surface area contributed by atoms with Crippen LogP contribution in [-0.4, -0.2) is 34.3 Å². The highest BCUT2D eigenvalue weighted by Crippen LogP contribution is 2.38. The highest BCUT2D eigenvalue weighted by atomic mass is 79.9. The van der Waals surface area contributed by atoms with Crippen LogP contribution in [0.4, 0.5) is 5.82 Å². The van der Waals surface area contributed by atoms with E-state index in [4.69, 9.17) is 4.74 Å². The predicted molar refractivity (Wildman–Crippen MR) is 90.0 cm³/mol. The van der Waals surface area contributed by atoms with Crippen LogP contribution in [0.5, 0.6) is 11.5 Å². The topological polar surface area (TPSA) is 96.4 Å². The predicted octanol–water partition coefficient (Wildman–Crippen LogP) is 2.53. The summed E-state index contributed by atoms with van der Waals surface area (Å²) in [5, 5.41) is 16.8. The number of hydrogen-bond acceptors (Lipinski definition) is 7. The van der Waals surface area contributed by atoms with Gasteiger partial charge in [0.05, 0.1) is 7.11 Å². The second-order valence-electron chi connectivity index (χ2n) is 4.72. The average Bonchev–Trinajstić information content (AvgIpc) is 2.55. The number of aromatic nitrogens is 2. The smallest absolute Gasteiger partial charge is 0.258 e. The number of methoxy groups -OCH3 is 1. The summed E-state index contributed by atoms with van der Waals surface area (Å²) in [5.74, 6) is 0.381. The molecule has 2 heterocycles. The Morgan fingerprint density at radius 3 is 2.87 bits per heavy atom. The third-order valence-corrected chi connectivity index (χ3v) is 4.37. The van der Waals surface area contributed by atoms with Crippen LogP contribution in [-0.2, 0) is 0 Å². The molecule has 7 nitrogen and oxygen atoms in total. The van der Waals surface area contributed by atoms with E-state index < -0.39 is 6.17 Å². The summed E-state index contributed by atoms with van der Waals surface area (Å²) >= 11 is 4.74. The molecule has 0 radical (unpaired) electrons. The number of rotatable bonds is 3. The van der Waals surface area contributed by atoms with Crippen molar-refractivity contribution in [2.75, 3.05) is 18.7 Å². The lowest BCUT2D eigenvalue weighted by Gasteiger charge is -2.28. The SMILES string of the molecule is COc1cc(Br)cc(C2NC(=O)c3cnc(SC)nc3N2)c1O. The number of amides is 1. The molecule has 23 heavy (non-hydrogen) atoms. The molecule has 1 aromatic carbocycles. The van der Waals surface area contributed by atoms with Crippen LogP contribution in [0, 0.1) is 0 Å². The summed E-state index contributed by atoms with van der Waals surface area (Å²) in [4.78, 5) is 20.7. The van der Waals surface area contributed by atoms with E-state index in [1.165, 1.54) is 25.1 Å². The third-order valence-electron chi connectivity index (χ3n) is 3.35. The lowest BCUT2D eigenvalue weighted by atomic mass is 10.1. The van der Waals surface area contributed by atoms with Crippen LogP contribution in [0.15, 0.2) is 28.0 Å². The second-order valence-corrected chi connectivity index (χ2v) is 6.40. The normalized spacial score (nSPS) is 16.3. The number of nitrogens with one attached hydrogen (secondary N) is 2. The molecule has 1 aromatic heterocycles. The van der Waals surface area contributed by atoms with Crippen LogP contribution < -0.4 is 15.4 Å². The molecule has 0 saturated heterocycles. The summed E-state index contributed by atoms with van der Waals surface area (Å²) in [7, 11) is 1.46. The third kappa shape index (κ3) is 2.93. The fourth-order valence-corrected chi connectivity index (χ4v) is 3.04. The van der Waals surface area contributed by atoms with Crippen molar-refractivity contribution in [2.24, 2.45) is 0 Å². The summed E-state index contributed by atoms with van der Waals surface area (Å²) in [6.07, 6.45) is 2.70. The van der Waals surface area contributed by atoms with Crippen molar-refractivity contribution in [2.45, 2.75) is 11.3 Å². The molecule has 0 fully saturated rings. The molecule has 0 spiro atoms. The largest absolute Gasteiger partial charge is 0.504 e. The molecule has 9 heteroatoms. The second kappa shape index (κ2) is 6.25. The summed E-state index contributed by atoms with van der Waals surface area (Å²) in [6, 6.07) is 3.35. The standard InChI is InChI=1S/C14H13BrN4O3S/c1-22-9-4-6(15)3-7(10(9)20)11-17-12-8(13(21)18-11)5-16-14(19-12)23-2/h3-5,11,20H,1-2H3,(H,18,21)(H,16,17,19). The van der Waals surface area contributed by atoms with E-state index in [1.54, 1.807) is 12.1 Å². The van der Waals surface area contributed by atoms with Gasteiger partial charge in [0.25, 0.3) is 5.91 Å². The van der Waals surface area contributed by atoms with Gasteiger partial charge in [-0.25, -0.2) is 9.97 Å². The molecule has 1 atom stereocenters. The lowest BCUT2D eigenvalue weighted by Crippen LogP contribution is -2.39. The van der Waals surface area contributed by atoms with Gasteiger partial charge in [0.1, 0.15) is 17.5 Å². The minimum Gasteiger partial charge on any atom is -0.504 e. The maximum atomic E-state index is 12.3. The van der Waals surface area contributed by atoms with Crippen molar-refractivity contribution < 1.29 is 14.6 Å². The van der Waals surface area contributed by atoms with Crippen molar-refractivity contribution in [3.63, 3.8) is 0 Å². The van der Waals surface area contributed by atoms with Gasteiger partial charge in [0.15, 0.2) is 16.7 Å². The van der Waals surface area contributed by atoms with Gasteiger partial charge in [-0.3, -0.25) is 4.79 Å². The molecule has 1 unspecified atom stereocenters. The fourth-order valence-electron chi connectivity index (χ4n) is 2.25. The number of benzene rings is 1. The number of anilines is 1. The summed E-state index contributed by atoms with van der Waals surface area (Å²) in [5.41, 5.74) is 0.833. The molecule has 3 rings (SSSR count). The highest BCUT2D eigenvalue weighted by Gasteiger charge is 2.29. The molecule has 2 aromatic rings. The zero-order valence-corrected chi connectivity index (χ0v) is 14.7. The number of phenolic OH excluding ortho intramolecular Hbond substituents is 1. The Morgan fingerprint density at radius 1 is 1.39 bits per heavy atom. The first-order valence-corrected chi connectivity index (χ1v) is 8.60. The van der Waals surface area contributed by atoms with Gasteiger partial charge in [-0.2, -0.15) is 0 Å². The van der Waals surface area contributed by atoms with E-state index in [0.29, 0.717) is 27.9 Å². The molecule has 0 aliphatic carbocycles. The van der Waals surface area contributed by atoms with Gasteiger partial charge in [-0.05, 0) is 18.4 Å². The van der Waals surface area contributed by atoms with Gasteiger partial charge < -0.3 is 20.5 Å². The van der Waals surface area contributed by atoms with Gasteiger partial charge in [-0.1, -0.05) is 27.7 Å². The number of phenols is 1. The number of carbonyl (C=O) groups excluding carboxylic acids is 1. The number of halogens is 1. The number of nitrogens with zero attached hydrogens (tertiary/aromatic N) is 2. The van der Waals surface area contributed by atoms with Crippen LogP contribution in [0.2, 0.25) is 0 Å². The van der Waals surface area contributed by atoms with Gasteiger partial charge in [0.2, 0.25) is 0 Å². The minimum absolute atomic E-state index is 0.0453. The van der Waals surface area contributed by atoms with Gasteiger partial charge in [0, 0.05) is 16.2 Å². The van der Waals surface area contributed by atoms with Crippen LogP contribution in [0.3, 0.4) is 0 Å². The molecule has 1 amide bonds. The molecule has 1 aliphatic rings. The quantitative estimate of drug-likeness (QED) is 0.541. The summed E-state index contributed by atoms with van der Waals surface area (Å²) < 4.78 is 5.86. The van der Waals surface area contributed by atoms with E-state index in [-0.39, 0.29) is 11.7 Å². The molecule has 0 saturated carbocycles. The van der Waals surface area contributed by atoms with Crippen LogP contribution in [0.25, 0.3) is 0 Å². The number of hydrogen-bond donors (Lipinski definition) is 3.